The van der Waals surface area contributed by atoms with E-state index in [1.165, 1.54) is 12.1 Å². The summed E-state index contributed by atoms with van der Waals surface area (Å²) in [6.45, 7) is -0.907. The predicted octanol–water partition coefficient (Wildman–Crippen LogP) is 3.90. The van der Waals surface area contributed by atoms with E-state index in [-0.39, 0.29) is 24.3 Å². The molecule has 14 heteroatoms. The normalized spacial score (nSPS) is 10.5. The van der Waals surface area contributed by atoms with Crippen LogP contribution < -0.4 is 0 Å². The molecule has 2 N–H and O–H groups in total. The third kappa shape index (κ3) is 6.51. The second kappa shape index (κ2) is 12.2. The summed E-state index contributed by atoms with van der Waals surface area (Å²) < 4.78 is 5.08. The molecule has 0 fully saturated rings. The van der Waals surface area contributed by atoms with Crippen molar-refractivity contribution in [3.05, 3.63) is 114 Å². The monoisotopic (exact) mass is 526 g/mol. The number of ether oxygens (including phenoxy) is 1. The summed E-state index contributed by atoms with van der Waals surface area (Å²) in [6, 6.07) is 13.1. The molecule has 0 heterocycles. The summed E-state index contributed by atoms with van der Waals surface area (Å²) in [6.07, 6.45) is 0. The fourth-order valence-electron chi connectivity index (χ4n) is 3.35. The second-order valence-electron chi connectivity index (χ2n) is 7.54. The van der Waals surface area contributed by atoms with E-state index in [1.54, 1.807) is 24.3 Å². The van der Waals surface area contributed by atoms with Crippen molar-refractivity contribution in [2.45, 2.75) is 19.8 Å². The number of hydrogen-bond acceptors (Lipinski definition) is 10. The molecule has 0 saturated heterocycles. The van der Waals surface area contributed by atoms with Gasteiger partial charge in [-0.05, 0) is 23.3 Å². The van der Waals surface area contributed by atoms with Crippen molar-refractivity contribution in [3.8, 4) is 0 Å². The van der Waals surface area contributed by atoms with E-state index in [0.29, 0.717) is 11.1 Å². The molecule has 0 aromatic heterocycles. The number of esters is 1. The van der Waals surface area contributed by atoms with Crippen molar-refractivity contribution in [2.24, 2.45) is 0 Å². The number of rotatable bonds is 12. The van der Waals surface area contributed by atoms with Crippen LogP contribution >= 0.6 is 0 Å². The molecule has 0 aliphatic carbocycles. The van der Waals surface area contributed by atoms with E-state index in [0.717, 1.165) is 24.3 Å². The molecule has 0 unspecified atom stereocenters. The van der Waals surface area contributed by atoms with E-state index in [2.05, 4.69) is 0 Å². The van der Waals surface area contributed by atoms with Crippen molar-refractivity contribution >= 4 is 29.3 Å². The number of hydrogen-bond donors (Lipinski definition) is 2. The van der Waals surface area contributed by atoms with Gasteiger partial charge >= 0.3 is 17.9 Å². The molecule has 3 aromatic carbocycles. The van der Waals surface area contributed by atoms with E-state index in [4.69, 9.17) is 14.5 Å². The van der Waals surface area contributed by atoms with Gasteiger partial charge in [0.25, 0.3) is 11.4 Å². The first kappa shape index (κ1) is 27.4. The molecule has 0 aliphatic rings. The minimum atomic E-state index is -1.52. The SMILES string of the molecule is O=C(O)c1cccc([N+](=O)[O-])c1COOCc1ccc(COC(=O)c2c(C(=O)O)cccc2[N+](=O)[O-])cc1. The molecular formula is C24H18N2O12. The fraction of sp³-hybridized carbons (Fsp3) is 0.125. The van der Waals surface area contributed by atoms with Gasteiger partial charge in [-0.1, -0.05) is 36.4 Å². The Kier molecular flexibility index (Phi) is 8.76. The second-order valence-corrected chi connectivity index (χ2v) is 7.54. The number of nitrogens with zero attached hydrogens (tertiary/aromatic N) is 2. The van der Waals surface area contributed by atoms with Crippen LogP contribution in [0.1, 0.15) is 47.8 Å². The van der Waals surface area contributed by atoms with Crippen molar-refractivity contribution in [1.29, 1.82) is 0 Å². The highest BCUT2D eigenvalue weighted by molar-refractivity contribution is 6.05. The molecule has 3 rings (SSSR count). The number of carboxylic acids is 2. The molecule has 0 atom stereocenters. The summed E-state index contributed by atoms with van der Waals surface area (Å²) in [4.78, 5) is 66.0. The molecule has 38 heavy (non-hydrogen) atoms. The number of aromatic carboxylic acids is 2. The van der Waals surface area contributed by atoms with Crippen LogP contribution in [0.5, 0.6) is 0 Å². The van der Waals surface area contributed by atoms with Gasteiger partial charge in [0, 0.05) is 12.1 Å². The van der Waals surface area contributed by atoms with Crippen LogP contribution in [0.3, 0.4) is 0 Å². The van der Waals surface area contributed by atoms with Crippen LogP contribution in [-0.2, 0) is 34.3 Å². The van der Waals surface area contributed by atoms with Gasteiger partial charge in [-0.2, -0.15) is 0 Å². The largest absolute Gasteiger partial charge is 0.478 e. The molecule has 0 amide bonds. The maximum absolute atomic E-state index is 12.5. The molecule has 14 nitrogen and oxygen atoms in total. The maximum atomic E-state index is 12.5. The summed E-state index contributed by atoms with van der Waals surface area (Å²) in [5.74, 6) is -4.05. The van der Waals surface area contributed by atoms with E-state index < -0.39 is 56.9 Å². The Hall–Kier alpha value is -5.21. The third-order valence-electron chi connectivity index (χ3n) is 5.16. The zero-order valence-electron chi connectivity index (χ0n) is 19.3. The minimum Gasteiger partial charge on any atom is -0.478 e. The van der Waals surface area contributed by atoms with E-state index in [1.807, 2.05) is 0 Å². The minimum absolute atomic E-state index is 0.110. The molecule has 3 aromatic rings. The molecule has 0 spiro atoms. The van der Waals surface area contributed by atoms with Gasteiger partial charge in [-0.3, -0.25) is 20.2 Å². The lowest BCUT2D eigenvalue weighted by molar-refractivity contribution is -0.387. The Morgan fingerprint density at radius 1 is 0.684 bits per heavy atom. The topological polar surface area (TPSA) is 206 Å². The number of nitro groups is 2. The zero-order valence-corrected chi connectivity index (χ0v) is 19.3. The highest BCUT2D eigenvalue weighted by atomic mass is 17.2. The summed E-state index contributed by atoms with van der Waals surface area (Å²) >= 11 is 0. The molecule has 0 radical (unpaired) electrons. The first-order valence-electron chi connectivity index (χ1n) is 10.6. The van der Waals surface area contributed by atoms with Gasteiger partial charge in [-0.15, -0.1) is 0 Å². The van der Waals surface area contributed by atoms with E-state index in [9.17, 15) is 44.8 Å². The number of benzene rings is 3. The van der Waals surface area contributed by atoms with Crippen LogP contribution in [0.15, 0.2) is 60.7 Å². The molecule has 196 valence electrons. The first-order chi connectivity index (χ1) is 18.1. The summed E-state index contributed by atoms with van der Waals surface area (Å²) in [7, 11) is 0. The van der Waals surface area contributed by atoms with Crippen LogP contribution in [0.4, 0.5) is 11.4 Å². The lowest BCUT2D eigenvalue weighted by Crippen LogP contribution is -2.14. The standard InChI is InChI=1S/C24H18N2O12/c27-22(28)16-3-1-5-19(25(32)33)18(16)13-38-37-12-15-9-7-14(8-10-15)11-36-24(31)21-17(23(29)30)4-2-6-20(21)26(34)35/h1-10H,11-13H2,(H,27,28)(H,29,30). The highest BCUT2D eigenvalue weighted by Gasteiger charge is 2.28. The number of nitro benzene ring substituents is 2. The van der Waals surface area contributed by atoms with Crippen LogP contribution in [0, 0.1) is 20.2 Å². The molecular weight excluding hydrogens is 508 g/mol. The number of carboxylic acid groups (broad SMARTS) is 2. The predicted molar refractivity (Wildman–Crippen MR) is 125 cm³/mol. The zero-order chi connectivity index (χ0) is 27.8. The van der Waals surface area contributed by atoms with Gasteiger partial charge in [0.15, 0.2) is 5.56 Å². The highest BCUT2D eigenvalue weighted by Crippen LogP contribution is 2.25. The number of carbonyl (C=O) groups excluding carboxylic acids is 1. The average molecular weight is 526 g/mol. The van der Waals surface area contributed by atoms with Gasteiger partial charge in [0.1, 0.15) is 19.8 Å². The Labute approximate surface area is 212 Å². The van der Waals surface area contributed by atoms with Gasteiger partial charge in [0.2, 0.25) is 0 Å². The Balaban J connectivity index is 1.58. The van der Waals surface area contributed by atoms with Gasteiger partial charge < -0.3 is 14.9 Å². The average Bonchev–Trinajstić information content (AvgIpc) is 2.89. The number of carbonyl (C=O) groups is 3. The lowest BCUT2D eigenvalue weighted by Gasteiger charge is -2.09. The summed E-state index contributed by atoms with van der Waals surface area (Å²) in [5.41, 5.74) is -1.75. The van der Waals surface area contributed by atoms with Crippen molar-refractivity contribution in [1.82, 2.24) is 0 Å². The van der Waals surface area contributed by atoms with Crippen molar-refractivity contribution in [3.63, 3.8) is 0 Å². The Bertz CT molecular complexity index is 1340. The quantitative estimate of drug-likeness (QED) is 0.113. The maximum Gasteiger partial charge on any atom is 0.346 e. The van der Waals surface area contributed by atoms with E-state index >= 15 is 0 Å². The first-order valence-corrected chi connectivity index (χ1v) is 10.6. The molecule has 0 bridgehead atoms. The van der Waals surface area contributed by atoms with Crippen LogP contribution in [0.25, 0.3) is 0 Å². The van der Waals surface area contributed by atoms with Crippen molar-refractivity contribution < 1.29 is 49.0 Å². The fourth-order valence-corrected chi connectivity index (χ4v) is 3.35. The lowest BCUT2D eigenvalue weighted by atomic mass is 10.1. The Morgan fingerprint density at radius 3 is 1.74 bits per heavy atom. The van der Waals surface area contributed by atoms with Crippen molar-refractivity contribution in [2.75, 3.05) is 0 Å². The smallest absolute Gasteiger partial charge is 0.346 e. The third-order valence-corrected chi connectivity index (χ3v) is 5.16. The molecule has 0 saturated carbocycles. The van der Waals surface area contributed by atoms with Crippen LogP contribution in [0.2, 0.25) is 0 Å². The summed E-state index contributed by atoms with van der Waals surface area (Å²) in [5, 5.41) is 40.9. The molecule has 0 aliphatic heterocycles. The van der Waals surface area contributed by atoms with Crippen LogP contribution in [-0.4, -0.2) is 38.0 Å². The van der Waals surface area contributed by atoms with Gasteiger partial charge in [0.05, 0.1) is 26.5 Å². The Morgan fingerprint density at radius 2 is 1.18 bits per heavy atom. The van der Waals surface area contributed by atoms with Gasteiger partial charge in [-0.25, -0.2) is 24.2 Å².